The van der Waals surface area contributed by atoms with Gasteiger partial charge in [-0.15, -0.1) is 23.5 Å². The van der Waals surface area contributed by atoms with Gasteiger partial charge in [0.15, 0.2) is 0 Å². The van der Waals surface area contributed by atoms with Crippen LogP contribution in [0.2, 0.25) is 0 Å². The molecule has 0 radical (unpaired) electrons. The highest BCUT2D eigenvalue weighted by Gasteiger charge is 2.22. The van der Waals surface area contributed by atoms with Crippen LogP contribution < -0.4 is 16.0 Å². The molecule has 3 N–H and O–H groups in total. The van der Waals surface area contributed by atoms with Crippen LogP contribution in [0.4, 0.5) is 8.78 Å². The number of nitrogens with one attached hydrogen (secondary N) is 3. The molecule has 5 nitrogen and oxygen atoms in total. The van der Waals surface area contributed by atoms with Crippen LogP contribution in [0.25, 0.3) is 0 Å². The average Bonchev–Trinajstić information content (AvgIpc) is 1.03. The van der Waals surface area contributed by atoms with E-state index >= 15 is 0 Å². The van der Waals surface area contributed by atoms with Gasteiger partial charge in [0.05, 0.1) is 21.0 Å². The molecule has 0 bridgehead atoms. The van der Waals surface area contributed by atoms with E-state index in [2.05, 4.69) is 213 Å². The van der Waals surface area contributed by atoms with Gasteiger partial charge in [0, 0.05) is 73.2 Å². The SMILES string of the molecule is Brc1ccc(C(SCCNCCCc2ccccc2)c2ccc(Br)cc2)cc1.CCCCNCCS(=O)C(c1ccccc1)c1ccccc1.CCCS(=O)C(c1ccccc1)c1ccccc1.Fc1ccc(C(SCCNCCCc2ccccc2)c2ccc(F)cc2)cc1. The van der Waals surface area contributed by atoms with Crippen LogP contribution in [0.3, 0.4) is 0 Å². The molecule has 10 aromatic rings. The Labute approximate surface area is 602 Å². The van der Waals surface area contributed by atoms with E-state index in [1.165, 1.54) is 65.8 Å². The average molecular weight is 1490 g/mol. The monoisotopic (exact) mass is 1490 g/mol. The fourth-order valence-corrected chi connectivity index (χ4v) is 16.7. The molecule has 96 heavy (non-hydrogen) atoms. The van der Waals surface area contributed by atoms with Gasteiger partial charge >= 0.3 is 0 Å². The van der Waals surface area contributed by atoms with Crippen molar-refractivity contribution in [2.75, 3.05) is 62.3 Å². The molecule has 0 saturated heterocycles. The standard InChI is InChI=1S/C24H25Br2NS.C24H25F2NS.C19H25NOS.C16H18OS/c2*25-22-12-8-20(9-13-22)24(21-10-14-23(26)15-11-21)28-18-17-27-16-4-7-19-5-2-1-3-6-19;1-2-3-14-20-15-16-22(21)19(17-10-6-4-7-11-17)18-12-8-5-9-13-18;1-2-13-18(17)16(14-9-5-3-6-10-14)15-11-7-4-8-12-15/h2*1-3,5-6,8-15,24,27H,4,7,16-18H2;4-13,19-20H,2-3,14-16H2,1H3;3-12,16H,2,13H2,1H3. The van der Waals surface area contributed by atoms with Crippen LogP contribution in [0, 0.1) is 11.6 Å². The molecule has 0 heterocycles. The molecule has 0 aromatic heterocycles. The van der Waals surface area contributed by atoms with Gasteiger partial charge in [-0.2, -0.15) is 0 Å². The highest BCUT2D eigenvalue weighted by Crippen LogP contribution is 2.38. The van der Waals surface area contributed by atoms with Gasteiger partial charge in [-0.25, -0.2) is 8.78 Å². The summed E-state index contributed by atoms with van der Waals surface area (Å²) in [5.41, 5.74) is 12.1. The summed E-state index contributed by atoms with van der Waals surface area (Å²) in [4.78, 5) is 0. The molecule has 0 aliphatic rings. The summed E-state index contributed by atoms with van der Waals surface area (Å²) >= 11 is 10.9. The zero-order valence-corrected chi connectivity index (χ0v) is 61.8. The predicted molar refractivity (Wildman–Crippen MR) is 418 cm³/mol. The van der Waals surface area contributed by atoms with E-state index < -0.39 is 21.6 Å². The maximum atomic E-state index is 13.3. The Morgan fingerprint density at radius 2 is 0.625 bits per heavy atom. The number of hydrogen-bond acceptors (Lipinski definition) is 7. The third-order valence-corrected chi connectivity index (χ3v) is 22.9. The van der Waals surface area contributed by atoms with Gasteiger partial charge in [-0.1, -0.05) is 283 Å². The number of benzene rings is 10. The third kappa shape index (κ3) is 28.8. The number of hydrogen-bond donors (Lipinski definition) is 3. The Morgan fingerprint density at radius 3 is 0.948 bits per heavy atom. The molecule has 0 fully saturated rings. The molecule has 0 aliphatic heterocycles. The molecule has 13 heteroatoms. The normalized spacial score (nSPS) is 11.7. The Bertz CT molecular complexity index is 3350. The lowest BCUT2D eigenvalue weighted by Gasteiger charge is -2.18. The van der Waals surface area contributed by atoms with E-state index in [0.29, 0.717) is 11.0 Å². The molecular formula is C83H93Br2F2N3O2S4. The van der Waals surface area contributed by atoms with Gasteiger partial charge in [-0.3, -0.25) is 8.42 Å². The molecule has 0 aliphatic carbocycles. The Balaban J connectivity index is 0.000000183. The van der Waals surface area contributed by atoms with E-state index in [1.807, 2.05) is 115 Å². The predicted octanol–water partition coefficient (Wildman–Crippen LogP) is 21.1. The molecular weight excluding hydrogens is 1400 g/mol. The van der Waals surface area contributed by atoms with E-state index in [9.17, 15) is 17.2 Å². The summed E-state index contributed by atoms with van der Waals surface area (Å²) in [5.74, 6) is 2.94. The van der Waals surface area contributed by atoms with Crippen molar-refractivity contribution in [1.29, 1.82) is 0 Å². The molecule has 0 spiro atoms. The zero-order valence-electron chi connectivity index (χ0n) is 55.3. The smallest absolute Gasteiger partial charge is 0.123 e. The lowest BCUT2D eigenvalue weighted by atomic mass is 10.0. The van der Waals surface area contributed by atoms with Crippen molar-refractivity contribution >= 4 is 77.0 Å². The maximum absolute atomic E-state index is 13.3. The van der Waals surface area contributed by atoms with Gasteiger partial charge in [0.2, 0.25) is 0 Å². The lowest BCUT2D eigenvalue weighted by molar-refractivity contribution is 0.626. The molecule has 2 unspecified atom stereocenters. The first-order valence-electron chi connectivity index (χ1n) is 33.5. The highest BCUT2D eigenvalue weighted by molar-refractivity contribution is 9.10. The largest absolute Gasteiger partial charge is 0.316 e. The summed E-state index contributed by atoms with van der Waals surface area (Å²) in [6.45, 7) is 10.1. The van der Waals surface area contributed by atoms with Gasteiger partial charge in [0.25, 0.3) is 0 Å². The van der Waals surface area contributed by atoms with Gasteiger partial charge < -0.3 is 16.0 Å². The first-order chi connectivity index (χ1) is 47.1. The topological polar surface area (TPSA) is 70.2 Å². The molecule has 10 rings (SSSR count). The molecule has 2 atom stereocenters. The number of halogens is 4. The molecule has 0 amide bonds. The van der Waals surface area contributed by atoms with Crippen molar-refractivity contribution in [3.05, 3.63) is 355 Å². The summed E-state index contributed by atoms with van der Waals surface area (Å²) in [6.07, 6.45) is 7.81. The van der Waals surface area contributed by atoms with Crippen molar-refractivity contribution in [3.63, 3.8) is 0 Å². The first-order valence-corrected chi connectivity index (χ1v) is 39.9. The van der Waals surface area contributed by atoms with E-state index in [1.54, 1.807) is 11.8 Å². The summed E-state index contributed by atoms with van der Waals surface area (Å²) in [7, 11) is -1.79. The van der Waals surface area contributed by atoms with E-state index in [-0.39, 0.29) is 27.4 Å². The minimum absolute atomic E-state index is 0.00708. The maximum Gasteiger partial charge on any atom is 0.123 e. The summed E-state index contributed by atoms with van der Waals surface area (Å²) in [6, 6.07) is 92.4. The third-order valence-electron chi connectivity index (χ3n) is 15.7. The fourth-order valence-electron chi connectivity index (χ4n) is 10.7. The van der Waals surface area contributed by atoms with Crippen LogP contribution in [0.1, 0.15) is 123 Å². The number of unbranched alkanes of at least 4 members (excludes halogenated alkanes) is 1. The Hall–Kier alpha value is -6.10. The van der Waals surface area contributed by atoms with Gasteiger partial charge in [0.1, 0.15) is 11.6 Å². The van der Waals surface area contributed by atoms with Crippen LogP contribution in [0.5, 0.6) is 0 Å². The lowest BCUT2D eigenvalue weighted by Crippen LogP contribution is -2.24. The first kappa shape index (κ1) is 77.3. The minimum atomic E-state index is -0.928. The quantitative estimate of drug-likeness (QED) is 0.0347. The second-order valence-electron chi connectivity index (χ2n) is 23.1. The second-order valence-corrected chi connectivity index (χ2v) is 30.6. The van der Waals surface area contributed by atoms with Crippen molar-refractivity contribution in [3.8, 4) is 0 Å². The number of aryl methyl sites for hydroxylation is 2. The fraction of sp³-hybridized carbons (Fsp3) is 0.277. The number of thioether (sulfide) groups is 2. The van der Waals surface area contributed by atoms with Crippen LogP contribution >= 0.6 is 55.4 Å². The van der Waals surface area contributed by atoms with E-state index in [4.69, 9.17) is 0 Å². The highest BCUT2D eigenvalue weighted by atomic mass is 79.9. The summed E-state index contributed by atoms with van der Waals surface area (Å²) in [5, 5.41) is 10.8. The van der Waals surface area contributed by atoms with Crippen molar-refractivity contribution in [1.82, 2.24) is 16.0 Å². The Kier molecular flexibility index (Phi) is 37.2. The number of rotatable bonds is 34. The Morgan fingerprint density at radius 1 is 0.333 bits per heavy atom. The van der Waals surface area contributed by atoms with Crippen molar-refractivity contribution < 1.29 is 17.2 Å². The molecule has 504 valence electrons. The van der Waals surface area contributed by atoms with Crippen molar-refractivity contribution in [2.45, 2.75) is 79.8 Å². The minimum Gasteiger partial charge on any atom is -0.316 e. The van der Waals surface area contributed by atoms with Crippen molar-refractivity contribution in [2.24, 2.45) is 0 Å². The van der Waals surface area contributed by atoms with E-state index in [0.717, 1.165) is 125 Å². The summed E-state index contributed by atoms with van der Waals surface area (Å²) < 4.78 is 54.1. The van der Waals surface area contributed by atoms with Crippen LogP contribution in [-0.4, -0.2) is 70.7 Å². The van der Waals surface area contributed by atoms with Crippen LogP contribution in [0.15, 0.2) is 288 Å². The molecule has 0 saturated carbocycles. The van der Waals surface area contributed by atoms with Gasteiger partial charge in [-0.05, 0) is 162 Å². The van der Waals surface area contributed by atoms with Crippen LogP contribution in [-0.2, 0) is 34.4 Å². The zero-order chi connectivity index (χ0) is 67.6. The molecule has 10 aromatic carbocycles. The second kappa shape index (κ2) is 46.2.